The zero-order chi connectivity index (χ0) is 19.4. The predicted molar refractivity (Wildman–Crippen MR) is 105 cm³/mol. The van der Waals surface area contributed by atoms with E-state index in [1.807, 2.05) is 26.0 Å². The number of carbonyl (C=O) groups excluding carboxylic acids is 1. The van der Waals surface area contributed by atoms with Gasteiger partial charge in [-0.2, -0.15) is 0 Å². The molecule has 1 N–H and O–H groups in total. The largest absolute Gasteiger partial charge is 0.497 e. The van der Waals surface area contributed by atoms with Crippen LogP contribution in [0.15, 0.2) is 12.1 Å². The Hall–Kier alpha value is -2.27. The summed E-state index contributed by atoms with van der Waals surface area (Å²) >= 11 is 6.43. The number of carbonyl (C=O) groups is 1. The SMILES string of the molecule is CCc1cc(OC)cc(CC)c1NC(=O)c1c(C)nc(C)c(OC)c1Cl. The third-order valence-corrected chi connectivity index (χ3v) is 4.75. The van der Waals surface area contributed by atoms with Gasteiger partial charge < -0.3 is 14.8 Å². The monoisotopic (exact) mass is 376 g/mol. The molecular formula is C20H25ClN2O3. The minimum Gasteiger partial charge on any atom is -0.497 e. The summed E-state index contributed by atoms with van der Waals surface area (Å²) in [4.78, 5) is 17.4. The number of pyridine rings is 1. The first-order chi connectivity index (χ1) is 12.4. The quantitative estimate of drug-likeness (QED) is 0.790. The summed E-state index contributed by atoms with van der Waals surface area (Å²) < 4.78 is 10.7. The number of benzene rings is 1. The van der Waals surface area contributed by atoms with E-state index in [-0.39, 0.29) is 10.9 Å². The van der Waals surface area contributed by atoms with Crippen LogP contribution in [0.2, 0.25) is 5.02 Å². The van der Waals surface area contributed by atoms with E-state index in [0.717, 1.165) is 35.4 Å². The fraction of sp³-hybridized carbons (Fsp3) is 0.400. The summed E-state index contributed by atoms with van der Waals surface area (Å²) in [5, 5.41) is 3.30. The number of aromatic nitrogens is 1. The van der Waals surface area contributed by atoms with E-state index in [4.69, 9.17) is 21.1 Å². The zero-order valence-corrected chi connectivity index (χ0v) is 16.9. The van der Waals surface area contributed by atoms with Crippen LogP contribution >= 0.6 is 11.6 Å². The Morgan fingerprint density at radius 3 is 2.12 bits per heavy atom. The fourth-order valence-electron chi connectivity index (χ4n) is 3.04. The Morgan fingerprint density at radius 2 is 1.65 bits per heavy atom. The molecule has 0 unspecified atom stereocenters. The van der Waals surface area contributed by atoms with Gasteiger partial charge in [0.25, 0.3) is 5.91 Å². The number of methoxy groups -OCH3 is 2. The number of nitrogens with zero attached hydrogens (tertiary/aromatic N) is 1. The molecule has 1 aromatic carbocycles. The molecule has 0 atom stereocenters. The van der Waals surface area contributed by atoms with Crippen LogP contribution in [0.3, 0.4) is 0 Å². The first-order valence-electron chi connectivity index (χ1n) is 8.59. The van der Waals surface area contributed by atoms with Crippen molar-refractivity contribution in [2.45, 2.75) is 40.5 Å². The minimum absolute atomic E-state index is 0.277. The average Bonchev–Trinajstić information content (AvgIpc) is 2.61. The van der Waals surface area contributed by atoms with Crippen LogP contribution in [0.4, 0.5) is 5.69 Å². The molecule has 1 heterocycles. The lowest BCUT2D eigenvalue weighted by Gasteiger charge is -2.18. The van der Waals surface area contributed by atoms with E-state index in [9.17, 15) is 4.79 Å². The van der Waals surface area contributed by atoms with Gasteiger partial charge in [0.15, 0.2) is 5.75 Å². The number of halogens is 1. The lowest BCUT2D eigenvalue weighted by molar-refractivity contribution is 0.102. The van der Waals surface area contributed by atoms with Crippen LogP contribution in [0.1, 0.15) is 46.7 Å². The highest BCUT2D eigenvalue weighted by molar-refractivity contribution is 6.36. The fourth-order valence-corrected chi connectivity index (χ4v) is 3.47. The molecule has 0 aliphatic carbocycles. The number of amides is 1. The second-order valence-corrected chi connectivity index (χ2v) is 6.36. The molecule has 1 aromatic heterocycles. The van der Waals surface area contributed by atoms with E-state index in [1.54, 1.807) is 21.0 Å². The van der Waals surface area contributed by atoms with Gasteiger partial charge in [0.2, 0.25) is 0 Å². The molecule has 140 valence electrons. The molecule has 0 saturated carbocycles. The van der Waals surface area contributed by atoms with Crippen molar-refractivity contribution in [1.82, 2.24) is 4.98 Å². The number of anilines is 1. The Balaban J connectivity index is 2.52. The molecule has 0 radical (unpaired) electrons. The molecule has 0 spiro atoms. The summed E-state index contributed by atoms with van der Waals surface area (Å²) in [6, 6.07) is 3.88. The Labute approximate surface area is 159 Å². The van der Waals surface area contributed by atoms with Gasteiger partial charge in [-0.05, 0) is 49.9 Å². The van der Waals surface area contributed by atoms with Crippen LogP contribution in [-0.4, -0.2) is 25.1 Å². The van der Waals surface area contributed by atoms with Crippen molar-refractivity contribution in [2.75, 3.05) is 19.5 Å². The molecule has 5 nitrogen and oxygen atoms in total. The van der Waals surface area contributed by atoms with Gasteiger partial charge >= 0.3 is 0 Å². The van der Waals surface area contributed by atoms with Gasteiger partial charge in [-0.15, -0.1) is 0 Å². The predicted octanol–water partition coefficient (Wildman–Crippen LogP) is 4.75. The number of hydrogen-bond donors (Lipinski definition) is 1. The molecule has 0 fully saturated rings. The third kappa shape index (κ3) is 3.78. The smallest absolute Gasteiger partial charge is 0.259 e. The lowest BCUT2D eigenvalue weighted by atomic mass is 10.0. The highest BCUT2D eigenvalue weighted by Gasteiger charge is 2.22. The maximum atomic E-state index is 13.0. The van der Waals surface area contributed by atoms with Crippen molar-refractivity contribution in [3.8, 4) is 11.5 Å². The molecule has 0 aliphatic heterocycles. The Morgan fingerprint density at radius 1 is 1.08 bits per heavy atom. The third-order valence-electron chi connectivity index (χ3n) is 4.39. The summed E-state index contributed by atoms with van der Waals surface area (Å²) in [6.07, 6.45) is 1.53. The van der Waals surface area contributed by atoms with E-state index in [1.165, 1.54) is 7.11 Å². The van der Waals surface area contributed by atoms with Gasteiger partial charge in [0, 0.05) is 5.69 Å². The second kappa shape index (κ2) is 8.41. The molecule has 26 heavy (non-hydrogen) atoms. The molecule has 2 rings (SSSR count). The Kier molecular flexibility index (Phi) is 6.48. The van der Waals surface area contributed by atoms with Crippen molar-refractivity contribution >= 4 is 23.2 Å². The minimum atomic E-state index is -0.298. The lowest BCUT2D eigenvalue weighted by Crippen LogP contribution is -2.18. The second-order valence-electron chi connectivity index (χ2n) is 5.99. The molecule has 0 bridgehead atoms. The molecule has 1 amide bonds. The van der Waals surface area contributed by atoms with Crippen LogP contribution in [-0.2, 0) is 12.8 Å². The summed E-state index contributed by atoms with van der Waals surface area (Å²) in [5.41, 5.74) is 4.37. The molecular weight excluding hydrogens is 352 g/mol. The molecule has 6 heteroatoms. The van der Waals surface area contributed by atoms with Crippen LogP contribution in [0.25, 0.3) is 0 Å². The van der Waals surface area contributed by atoms with Crippen molar-refractivity contribution < 1.29 is 14.3 Å². The maximum Gasteiger partial charge on any atom is 0.259 e. The highest BCUT2D eigenvalue weighted by atomic mass is 35.5. The van der Waals surface area contributed by atoms with Gasteiger partial charge in [0.05, 0.1) is 36.2 Å². The number of aryl methyl sites for hydroxylation is 4. The topological polar surface area (TPSA) is 60.5 Å². The standard InChI is InChI=1S/C20H25ClN2O3/c1-7-13-9-15(25-5)10-14(8-2)18(13)23-20(24)16-11(3)22-12(4)19(26-6)17(16)21/h9-10H,7-8H2,1-6H3,(H,23,24). The number of nitrogens with one attached hydrogen (secondary N) is 1. The maximum absolute atomic E-state index is 13.0. The van der Waals surface area contributed by atoms with Crippen molar-refractivity contribution in [3.05, 3.63) is 45.2 Å². The first kappa shape index (κ1) is 20.0. The van der Waals surface area contributed by atoms with Crippen LogP contribution < -0.4 is 14.8 Å². The summed E-state index contributed by atoms with van der Waals surface area (Å²) in [7, 11) is 3.15. The normalized spacial score (nSPS) is 10.6. The zero-order valence-electron chi connectivity index (χ0n) is 16.1. The van der Waals surface area contributed by atoms with Crippen molar-refractivity contribution in [2.24, 2.45) is 0 Å². The van der Waals surface area contributed by atoms with Gasteiger partial charge in [-0.1, -0.05) is 25.4 Å². The number of hydrogen-bond acceptors (Lipinski definition) is 4. The summed E-state index contributed by atoms with van der Waals surface area (Å²) in [5.74, 6) is 0.904. The first-order valence-corrected chi connectivity index (χ1v) is 8.97. The average molecular weight is 377 g/mol. The summed E-state index contributed by atoms with van der Waals surface area (Å²) in [6.45, 7) is 7.65. The molecule has 0 aliphatic rings. The Bertz CT molecular complexity index is 809. The van der Waals surface area contributed by atoms with Gasteiger partial charge in [-0.3, -0.25) is 9.78 Å². The number of ether oxygens (including phenoxy) is 2. The van der Waals surface area contributed by atoms with Crippen molar-refractivity contribution in [3.63, 3.8) is 0 Å². The van der Waals surface area contributed by atoms with E-state index < -0.39 is 0 Å². The molecule has 0 saturated heterocycles. The van der Waals surface area contributed by atoms with Gasteiger partial charge in [0.1, 0.15) is 5.75 Å². The number of rotatable bonds is 6. The molecule has 2 aromatic rings. The van der Waals surface area contributed by atoms with E-state index in [2.05, 4.69) is 10.3 Å². The van der Waals surface area contributed by atoms with E-state index in [0.29, 0.717) is 22.7 Å². The van der Waals surface area contributed by atoms with Gasteiger partial charge in [-0.25, -0.2) is 0 Å². The highest BCUT2D eigenvalue weighted by Crippen LogP contribution is 2.34. The van der Waals surface area contributed by atoms with Crippen LogP contribution in [0, 0.1) is 13.8 Å². The van der Waals surface area contributed by atoms with Crippen LogP contribution in [0.5, 0.6) is 11.5 Å². The van der Waals surface area contributed by atoms with E-state index >= 15 is 0 Å². The van der Waals surface area contributed by atoms with Crippen molar-refractivity contribution in [1.29, 1.82) is 0 Å².